The lowest BCUT2D eigenvalue weighted by Gasteiger charge is -2.07. The molecule has 1 fully saturated rings. The summed E-state index contributed by atoms with van der Waals surface area (Å²) in [6.07, 6.45) is 1.42. The number of benzene rings is 1. The van der Waals surface area contributed by atoms with Crippen molar-refractivity contribution in [3.05, 3.63) is 36.0 Å². The van der Waals surface area contributed by atoms with Gasteiger partial charge in [-0.05, 0) is 25.3 Å². The van der Waals surface area contributed by atoms with E-state index in [0.29, 0.717) is 11.7 Å². The molecule has 0 saturated carbocycles. The number of anilines is 1. The number of thiazole rings is 1. The maximum Gasteiger partial charge on any atom is 0.255 e. The standard InChI is InChI=1S/C15H16N2O2S/c1-10-13(11-6-3-2-4-7-11)20-15(16-10)17-14(18)12-8-5-9-19-12/h2-4,6-7,12H,5,8-9H2,1H3,(H,16,17,18)/t12-/m0/s1. The minimum absolute atomic E-state index is 0.0872. The molecule has 1 atom stereocenters. The second-order valence-electron chi connectivity index (χ2n) is 4.79. The molecule has 3 rings (SSSR count). The maximum atomic E-state index is 12.0. The van der Waals surface area contributed by atoms with Gasteiger partial charge >= 0.3 is 0 Å². The fourth-order valence-electron chi connectivity index (χ4n) is 2.28. The molecule has 2 heterocycles. The summed E-state index contributed by atoms with van der Waals surface area (Å²) in [4.78, 5) is 17.5. The van der Waals surface area contributed by atoms with E-state index in [-0.39, 0.29) is 12.0 Å². The molecule has 1 saturated heterocycles. The lowest BCUT2D eigenvalue weighted by molar-refractivity contribution is -0.124. The van der Waals surface area contributed by atoms with Gasteiger partial charge in [-0.15, -0.1) is 0 Å². The Bertz CT molecular complexity index is 604. The topological polar surface area (TPSA) is 51.2 Å². The summed E-state index contributed by atoms with van der Waals surface area (Å²) in [7, 11) is 0. The van der Waals surface area contributed by atoms with Crippen molar-refractivity contribution in [1.82, 2.24) is 4.98 Å². The molecule has 1 amide bonds. The highest BCUT2D eigenvalue weighted by Crippen LogP contribution is 2.32. The molecule has 2 aromatic rings. The Labute approximate surface area is 121 Å². The second-order valence-corrected chi connectivity index (χ2v) is 5.79. The van der Waals surface area contributed by atoms with Crippen molar-refractivity contribution in [1.29, 1.82) is 0 Å². The molecule has 5 heteroatoms. The van der Waals surface area contributed by atoms with Crippen molar-refractivity contribution in [3.63, 3.8) is 0 Å². The third kappa shape index (κ3) is 2.73. The molecule has 1 aliphatic heterocycles. The van der Waals surface area contributed by atoms with Crippen LogP contribution in [0.25, 0.3) is 10.4 Å². The lowest BCUT2D eigenvalue weighted by Crippen LogP contribution is -2.26. The SMILES string of the molecule is Cc1nc(NC(=O)[C@@H]2CCCO2)sc1-c1ccccc1. The summed E-state index contributed by atoms with van der Waals surface area (Å²) >= 11 is 1.50. The number of hydrogen-bond donors (Lipinski definition) is 1. The largest absolute Gasteiger partial charge is 0.368 e. The van der Waals surface area contributed by atoms with Gasteiger partial charge in [-0.1, -0.05) is 41.7 Å². The zero-order chi connectivity index (χ0) is 13.9. The van der Waals surface area contributed by atoms with Crippen molar-refractivity contribution in [2.24, 2.45) is 0 Å². The van der Waals surface area contributed by atoms with E-state index >= 15 is 0 Å². The molecule has 104 valence electrons. The zero-order valence-electron chi connectivity index (χ0n) is 11.3. The number of aromatic nitrogens is 1. The third-order valence-electron chi connectivity index (χ3n) is 3.28. The molecular formula is C15H16N2O2S. The van der Waals surface area contributed by atoms with Crippen LogP contribution >= 0.6 is 11.3 Å². The van der Waals surface area contributed by atoms with E-state index in [2.05, 4.69) is 10.3 Å². The monoisotopic (exact) mass is 288 g/mol. The molecule has 0 unspecified atom stereocenters. The third-order valence-corrected chi connectivity index (χ3v) is 4.41. The zero-order valence-corrected chi connectivity index (χ0v) is 12.1. The summed E-state index contributed by atoms with van der Waals surface area (Å²) in [5.41, 5.74) is 2.06. The Hall–Kier alpha value is -1.72. The van der Waals surface area contributed by atoms with E-state index in [1.165, 1.54) is 11.3 Å². The van der Waals surface area contributed by atoms with Crippen LogP contribution in [0.5, 0.6) is 0 Å². The summed E-state index contributed by atoms with van der Waals surface area (Å²) in [6, 6.07) is 10.1. The van der Waals surface area contributed by atoms with E-state index in [1.54, 1.807) is 0 Å². The van der Waals surface area contributed by atoms with Crippen LogP contribution in [-0.2, 0) is 9.53 Å². The fourth-order valence-corrected chi connectivity index (χ4v) is 3.25. The average Bonchev–Trinajstić information content (AvgIpc) is 3.09. The van der Waals surface area contributed by atoms with Crippen molar-refractivity contribution < 1.29 is 9.53 Å². The number of rotatable bonds is 3. The Morgan fingerprint density at radius 2 is 2.20 bits per heavy atom. The first-order chi connectivity index (χ1) is 9.74. The quantitative estimate of drug-likeness (QED) is 0.943. The second kappa shape index (κ2) is 5.73. The van der Waals surface area contributed by atoms with E-state index in [0.717, 1.165) is 29.0 Å². The lowest BCUT2D eigenvalue weighted by atomic mass is 10.2. The normalized spacial score (nSPS) is 18.1. The van der Waals surface area contributed by atoms with Crippen LogP contribution in [0.2, 0.25) is 0 Å². The van der Waals surface area contributed by atoms with Gasteiger partial charge in [0.25, 0.3) is 5.91 Å². The number of carbonyl (C=O) groups is 1. The highest BCUT2D eigenvalue weighted by molar-refractivity contribution is 7.19. The molecule has 0 spiro atoms. The van der Waals surface area contributed by atoms with Crippen molar-refractivity contribution in [2.45, 2.75) is 25.9 Å². The molecule has 4 nitrogen and oxygen atoms in total. The van der Waals surface area contributed by atoms with Gasteiger partial charge in [-0.3, -0.25) is 10.1 Å². The number of aryl methyl sites for hydroxylation is 1. The summed E-state index contributed by atoms with van der Waals surface area (Å²) in [5, 5.41) is 3.50. The van der Waals surface area contributed by atoms with E-state index in [1.807, 2.05) is 37.3 Å². The number of amides is 1. The molecule has 0 aliphatic carbocycles. The van der Waals surface area contributed by atoms with Crippen LogP contribution in [0.15, 0.2) is 30.3 Å². The molecule has 20 heavy (non-hydrogen) atoms. The van der Waals surface area contributed by atoms with Crippen LogP contribution < -0.4 is 5.32 Å². The van der Waals surface area contributed by atoms with Crippen molar-refractivity contribution in [2.75, 3.05) is 11.9 Å². The molecule has 1 N–H and O–H groups in total. The first-order valence-electron chi connectivity index (χ1n) is 6.69. The smallest absolute Gasteiger partial charge is 0.255 e. The number of ether oxygens (including phenoxy) is 1. The van der Waals surface area contributed by atoms with Gasteiger partial charge in [-0.25, -0.2) is 4.98 Å². The van der Waals surface area contributed by atoms with Gasteiger partial charge in [0, 0.05) is 6.61 Å². The van der Waals surface area contributed by atoms with Gasteiger partial charge < -0.3 is 4.74 Å². The van der Waals surface area contributed by atoms with E-state index in [4.69, 9.17) is 4.74 Å². The molecule has 0 bridgehead atoms. The molecular weight excluding hydrogens is 272 g/mol. The highest BCUT2D eigenvalue weighted by atomic mass is 32.1. The van der Waals surface area contributed by atoms with E-state index < -0.39 is 0 Å². The number of hydrogen-bond acceptors (Lipinski definition) is 4. The minimum atomic E-state index is -0.320. The predicted octanol–water partition coefficient (Wildman–Crippen LogP) is 3.24. The maximum absolute atomic E-state index is 12.0. The van der Waals surface area contributed by atoms with Crippen LogP contribution in [0.1, 0.15) is 18.5 Å². The first-order valence-corrected chi connectivity index (χ1v) is 7.51. The first kappa shape index (κ1) is 13.3. The average molecular weight is 288 g/mol. The summed E-state index contributed by atoms with van der Waals surface area (Å²) < 4.78 is 5.37. The van der Waals surface area contributed by atoms with Crippen LogP contribution in [-0.4, -0.2) is 23.6 Å². The Balaban J connectivity index is 1.77. The summed E-state index contributed by atoms with van der Waals surface area (Å²) in [5.74, 6) is -0.0872. The summed E-state index contributed by atoms with van der Waals surface area (Å²) in [6.45, 7) is 2.63. The fraction of sp³-hybridized carbons (Fsp3) is 0.333. The highest BCUT2D eigenvalue weighted by Gasteiger charge is 2.24. The Morgan fingerprint density at radius 3 is 2.90 bits per heavy atom. The number of nitrogens with zero attached hydrogens (tertiary/aromatic N) is 1. The van der Waals surface area contributed by atoms with Gasteiger partial charge in [0.1, 0.15) is 6.10 Å². The number of carbonyl (C=O) groups excluding carboxylic acids is 1. The van der Waals surface area contributed by atoms with Gasteiger partial charge in [0.15, 0.2) is 5.13 Å². The Kier molecular flexibility index (Phi) is 3.80. The van der Waals surface area contributed by atoms with Gasteiger partial charge in [-0.2, -0.15) is 0 Å². The Morgan fingerprint density at radius 1 is 1.40 bits per heavy atom. The molecule has 1 aromatic carbocycles. The van der Waals surface area contributed by atoms with Crippen LogP contribution in [0, 0.1) is 6.92 Å². The van der Waals surface area contributed by atoms with Crippen molar-refractivity contribution >= 4 is 22.4 Å². The molecule has 0 radical (unpaired) electrons. The molecule has 1 aromatic heterocycles. The van der Waals surface area contributed by atoms with Crippen LogP contribution in [0.4, 0.5) is 5.13 Å². The van der Waals surface area contributed by atoms with Crippen molar-refractivity contribution in [3.8, 4) is 10.4 Å². The van der Waals surface area contributed by atoms with Gasteiger partial charge in [0.05, 0.1) is 10.6 Å². The van der Waals surface area contributed by atoms with Crippen LogP contribution in [0.3, 0.4) is 0 Å². The minimum Gasteiger partial charge on any atom is -0.368 e. The van der Waals surface area contributed by atoms with E-state index in [9.17, 15) is 4.79 Å². The van der Waals surface area contributed by atoms with Gasteiger partial charge in [0.2, 0.25) is 0 Å². The predicted molar refractivity (Wildman–Crippen MR) is 79.9 cm³/mol. The number of nitrogens with one attached hydrogen (secondary N) is 1. The molecule has 1 aliphatic rings.